The maximum absolute atomic E-state index is 12.7. The topological polar surface area (TPSA) is 46.5 Å². The first-order chi connectivity index (χ1) is 13.6. The van der Waals surface area contributed by atoms with Crippen LogP contribution < -0.4 is 19.3 Å². The number of para-hydroxylation sites is 2. The standard InChI is InChI=1S/C22H29N3O3/c1-23(16-18-7-6-8-19(15-18)27-2)22(26)17-24-11-13-25(14-12-24)20-9-4-5-10-21(20)28-3/h4-10,15H,11-14,16-17H2,1-3H3/p+1. The molecular weight excluding hydrogens is 354 g/mol. The van der Waals surface area contributed by atoms with Crippen molar-refractivity contribution in [3.8, 4) is 11.5 Å². The molecule has 0 radical (unpaired) electrons. The zero-order valence-corrected chi connectivity index (χ0v) is 17.0. The third-order valence-corrected chi connectivity index (χ3v) is 5.28. The molecular formula is C22H30N3O3+. The molecule has 0 aromatic heterocycles. The summed E-state index contributed by atoms with van der Waals surface area (Å²) in [4.78, 5) is 18.1. The smallest absolute Gasteiger partial charge is 0.277 e. The highest BCUT2D eigenvalue weighted by Gasteiger charge is 2.25. The fourth-order valence-corrected chi connectivity index (χ4v) is 3.61. The molecule has 1 fully saturated rings. The Morgan fingerprint density at radius 1 is 1.07 bits per heavy atom. The lowest BCUT2D eigenvalue weighted by Crippen LogP contribution is -3.15. The van der Waals surface area contributed by atoms with Crippen LogP contribution in [-0.4, -0.2) is 64.8 Å². The van der Waals surface area contributed by atoms with Crippen molar-refractivity contribution >= 4 is 11.6 Å². The van der Waals surface area contributed by atoms with Crippen molar-refractivity contribution in [2.75, 3.05) is 58.9 Å². The second-order valence-electron chi connectivity index (χ2n) is 7.19. The van der Waals surface area contributed by atoms with E-state index < -0.39 is 0 Å². The average Bonchev–Trinajstić information content (AvgIpc) is 2.74. The summed E-state index contributed by atoms with van der Waals surface area (Å²) in [5, 5.41) is 0. The third-order valence-electron chi connectivity index (χ3n) is 5.28. The van der Waals surface area contributed by atoms with Gasteiger partial charge in [-0.05, 0) is 29.8 Å². The van der Waals surface area contributed by atoms with Crippen molar-refractivity contribution in [2.24, 2.45) is 0 Å². The molecule has 2 aromatic rings. The van der Waals surface area contributed by atoms with E-state index in [4.69, 9.17) is 9.47 Å². The molecule has 6 nitrogen and oxygen atoms in total. The predicted octanol–water partition coefficient (Wildman–Crippen LogP) is 1.07. The second-order valence-corrected chi connectivity index (χ2v) is 7.19. The van der Waals surface area contributed by atoms with Crippen LogP contribution in [0.5, 0.6) is 11.5 Å². The summed E-state index contributed by atoms with van der Waals surface area (Å²) < 4.78 is 10.7. The van der Waals surface area contributed by atoms with Crippen molar-refractivity contribution in [1.29, 1.82) is 0 Å². The van der Waals surface area contributed by atoms with E-state index >= 15 is 0 Å². The average molecular weight is 385 g/mol. The summed E-state index contributed by atoms with van der Waals surface area (Å²) in [5.74, 6) is 1.89. The Bertz CT molecular complexity index is 788. The van der Waals surface area contributed by atoms with E-state index in [2.05, 4.69) is 11.0 Å². The Labute approximate surface area is 167 Å². The Kier molecular flexibility index (Phi) is 6.76. The van der Waals surface area contributed by atoms with Gasteiger partial charge in [0.15, 0.2) is 6.54 Å². The maximum atomic E-state index is 12.7. The van der Waals surface area contributed by atoms with Gasteiger partial charge in [0.1, 0.15) is 11.5 Å². The van der Waals surface area contributed by atoms with Gasteiger partial charge in [0, 0.05) is 13.6 Å². The number of likely N-dealkylation sites (N-methyl/N-ethyl adjacent to an activating group) is 1. The Morgan fingerprint density at radius 3 is 2.54 bits per heavy atom. The third kappa shape index (κ3) is 4.95. The summed E-state index contributed by atoms with van der Waals surface area (Å²) in [6.45, 7) is 4.84. The minimum atomic E-state index is 0.170. The normalized spacial score (nSPS) is 14.6. The number of piperazine rings is 1. The highest BCUT2D eigenvalue weighted by molar-refractivity contribution is 5.76. The van der Waals surface area contributed by atoms with Gasteiger partial charge in [0.25, 0.3) is 5.91 Å². The Morgan fingerprint density at radius 2 is 1.82 bits per heavy atom. The van der Waals surface area contributed by atoms with Crippen LogP contribution in [0.25, 0.3) is 0 Å². The number of methoxy groups -OCH3 is 2. The van der Waals surface area contributed by atoms with Crippen LogP contribution >= 0.6 is 0 Å². The molecule has 150 valence electrons. The zero-order chi connectivity index (χ0) is 19.9. The molecule has 1 saturated heterocycles. The summed E-state index contributed by atoms with van der Waals surface area (Å²) in [5.41, 5.74) is 2.21. The summed E-state index contributed by atoms with van der Waals surface area (Å²) >= 11 is 0. The fourth-order valence-electron chi connectivity index (χ4n) is 3.61. The lowest BCUT2D eigenvalue weighted by Gasteiger charge is -2.34. The van der Waals surface area contributed by atoms with Crippen molar-refractivity contribution in [3.05, 3.63) is 54.1 Å². The minimum Gasteiger partial charge on any atom is -0.497 e. The highest BCUT2D eigenvalue weighted by atomic mass is 16.5. The molecule has 0 aliphatic carbocycles. The number of anilines is 1. The quantitative estimate of drug-likeness (QED) is 0.776. The van der Waals surface area contributed by atoms with Crippen LogP contribution in [-0.2, 0) is 11.3 Å². The lowest BCUT2D eigenvalue weighted by atomic mass is 10.2. The van der Waals surface area contributed by atoms with E-state index in [1.54, 1.807) is 19.1 Å². The molecule has 1 amide bonds. The zero-order valence-electron chi connectivity index (χ0n) is 17.0. The van der Waals surface area contributed by atoms with Gasteiger partial charge in [-0.15, -0.1) is 0 Å². The van der Waals surface area contributed by atoms with E-state index in [1.807, 2.05) is 49.5 Å². The van der Waals surface area contributed by atoms with Crippen molar-refractivity contribution in [3.63, 3.8) is 0 Å². The van der Waals surface area contributed by atoms with Gasteiger partial charge >= 0.3 is 0 Å². The number of ether oxygens (including phenoxy) is 2. The van der Waals surface area contributed by atoms with Gasteiger partial charge in [0.05, 0.1) is 46.1 Å². The van der Waals surface area contributed by atoms with Crippen LogP contribution in [0.15, 0.2) is 48.5 Å². The molecule has 1 N–H and O–H groups in total. The Hall–Kier alpha value is -2.73. The van der Waals surface area contributed by atoms with E-state index in [9.17, 15) is 4.79 Å². The summed E-state index contributed by atoms with van der Waals surface area (Å²) in [6, 6.07) is 16.0. The number of hydrogen-bond donors (Lipinski definition) is 1. The maximum Gasteiger partial charge on any atom is 0.277 e. The van der Waals surface area contributed by atoms with Crippen LogP contribution in [0.4, 0.5) is 5.69 Å². The number of nitrogens with zero attached hydrogens (tertiary/aromatic N) is 2. The Balaban J connectivity index is 1.50. The fraction of sp³-hybridized carbons (Fsp3) is 0.409. The predicted molar refractivity (Wildman–Crippen MR) is 110 cm³/mol. The molecule has 0 atom stereocenters. The van der Waals surface area contributed by atoms with Crippen LogP contribution in [0, 0.1) is 0 Å². The molecule has 0 unspecified atom stereocenters. The van der Waals surface area contributed by atoms with Gasteiger partial charge in [-0.3, -0.25) is 4.79 Å². The van der Waals surface area contributed by atoms with E-state index in [0.29, 0.717) is 13.1 Å². The second kappa shape index (κ2) is 9.46. The van der Waals surface area contributed by atoms with Gasteiger partial charge in [-0.25, -0.2) is 0 Å². The van der Waals surface area contributed by atoms with Crippen LogP contribution in [0.2, 0.25) is 0 Å². The number of carbonyl (C=O) groups is 1. The molecule has 3 rings (SSSR count). The van der Waals surface area contributed by atoms with E-state index in [1.165, 1.54) is 4.90 Å². The van der Waals surface area contributed by atoms with E-state index in [0.717, 1.165) is 48.9 Å². The number of benzene rings is 2. The number of nitrogens with one attached hydrogen (secondary N) is 1. The van der Waals surface area contributed by atoms with E-state index in [-0.39, 0.29) is 5.91 Å². The lowest BCUT2D eigenvalue weighted by molar-refractivity contribution is -0.892. The SMILES string of the molecule is COc1cccc(CN(C)C(=O)C[NH+]2CCN(c3ccccc3OC)CC2)c1. The van der Waals surface area contributed by atoms with Gasteiger partial charge < -0.3 is 24.2 Å². The molecule has 0 spiro atoms. The first-order valence-electron chi connectivity index (χ1n) is 9.69. The molecule has 0 saturated carbocycles. The number of amides is 1. The van der Waals surface area contributed by atoms with Crippen molar-refractivity contribution in [2.45, 2.75) is 6.54 Å². The highest BCUT2D eigenvalue weighted by Crippen LogP contribution is 2.27. The van der Waals surface area contributed by atoms with Crippen LogP contribution in [0.1, 0.15) is 5.56 Å². The minimum absolute atomic E-state index is 0.170. The molecule has 2 aromatic carbocycles. The molecule has 1 heterocycles. The number of rotatable bonds is 7. The number of carbonyl (C=O) groups excluding carboxylic acids is 1. The molecule has 6 heteroatoms. The number of hydrogen-bond acceptors (Lipinski definition) is 4. The first-order valence-corrected chi connectivity index (χ1v) is 9.69. The monoisotopic (exact) mass is 384 g/mol. The summed E-state index contributed by atoms with van der Waals surface area (Å²) in [7, 11) is 5.23. The van der Waals surface area contributed by atoms with Gasteiger partial charge in [-0.1, -0.05) is 24.3 Å². The largest absolute Gasteiger partial charge is 0.497 e. The van der Waals surface area contributed by atoms with Crippen molar-refractivity contribution < 1.29 is 19.2 Å². The van der Waals surface area contributed by atoms with Gasteiger partial charge in [0.2, 0.25) is 0 Å². The molecule has 1 aliphatic heterocycles. The number of quaternary nitrogens is 1. The first kappa shape index (κ1) is 20.0. The van der Waals surface area contributed by atoms with Crippen LogP contribution in [0.3, 0.4) is 0 Å². The molecule has 1 aliphatic rings. The van der Waals surface area contributed by atoms with Crippen molar-refractivity contribution in [1.82, 2.24) is 4.90 Å². The molecule has 0 bridgehead atoms. The van der Waals surface area contributed by atoms with Gasteiger partial charge in [-0.2, -0.15) is 0 Å². The summed E-state index contributed by atoms with van der Waals surface area (Å²) in [6.07, 6.45) is 0. The molecule has 28 heavy (non-hydrogen) atoms.